The molecule has 0 fully saturated rings. The second-order valence-corrected chi connectivity index (χ2v) is 3.18. The molecule has 1 aromatic heterocycles. The number of benzene rings is 1. The molecule has 0 amide bonds. The lowest BCUT2D eigenvalue weighted by Gasteiger charge is -1.99. The van der Waals surface area contributed by atoms with Gasteiger partial charge in [-0.3, -0.25) is 0 Å². The zero-order chi connectivity index (χ0) is 11.3. The summed E-state index contributed by atoms with van der Waals surface area (Å²) >= 11 is 0. The molecule has 1 aromatic carbocycles. The molecule has 2 rings (SSSR count). The topological polar surface area (TPSA) is 17.8 Å². The van der Waals surface area contributed by atoms with Crippen LogP contribution in [0.2, 0.25) is 0 Å². The molecule has 2 aromatic rings. The average Bonchev–Trinajstić information content (AvgIpc) is 2.62. The molecule has 1 heterocycles. The zero-order valence-corrected chi connectivity index (χ0v) is 9.86. The van der Waals surface area contributed by atoms with Crippen LogP contribution in [0.15, 0.2) is 36.5 Å². The van der Waals surface area contributed by atoms with E-state index in [1.807, 2.05) is 56.8 Å². The molecule has 0 aliphatic rings. The van der Waals surface area contributed by atoms with Gasteiger partial charge in [0.15, 0.2) is 0 Å². The monoisotopic (exact) mass is 202 g/mol. The van der Waals surface area contributed by atoms with Crippen molar-refractivity contribution in [3.05, 3.63) is 42.2 Å². The second-order valence-electron chi connectivity index (χ2n) is 3.18. The molecule has 0 saturated carbocycles. The third kappa shape index (κ3) is 2.69. The lowest BCUT2D eigenvalue weighted by atomic mass is 10.2. The van der Waals surface area contributed by atoms with Crippen molar-refractivity contribution in [1.82, 2.24) is 9.55 Å². The fourth-order valence-corrected chi connectivity index (χ4v) is 1.47. The molecule has 0 saturated heterocycles. The van der Waals surface area contributed by atoms with E-state index in [1.54, 1.807) is 0 Å². The quantitative estimate of drug-likeness (QED) is 0.692. The van der Waals surface area contributed by atoms with Gasteiger partial charge in [-0.05, 0) is 6.92 Å². The Morgan fingerprint density at radius 1 is 1.07 bits per heavy atom. The summed E-state index contributed by atoms with van der Waals surface area (Å²) in [5.41, 5.74) is 2.22. The van der Waals surface area contributed by atoms with E-state index in [4.69, 9.17) is 0 Å². The summed E-state index contributed by atoms with van der Waals surface area (Å²) in [6, 6.07) is 10.2. The van der Waals surface area contributed by atoms with E-state index < -0.39 is 0 Å². The molecular weight excluding hydrogens is 184 g/mol. The first kappa shape index (κ1) is 11.5. The summed E-state index contributed by atoms with van der Waals surface area (Å²) in [6.07, 6.45) is 2.03. The van der Waals surface area contributed by atoms with E-state index in [1.165, 1.54) is 0 Å². The predicted octanol–water partition coefficient (Wildman–Crippen LogP) is 3.42. The van der Waals surface area contributed by atoms with E-state index in [2.05, 4.69) is 17.1 Å². The number of nitrogens with zero attached hydrogens (tertiary/aromatic N) is 2. The van der Waals surface area contributed by atoms with Crippen LogP contribution in [0.25, 0.3) is 11.4 Å². The Kier molecular flexibility index (Phi) is 4.10. The molecule has 0 spiro atoms. The van der Waals surface area contributed by atoms with Crippen LogP contribution in [0.4, 0.5) is 0 Å². The van der Waals surface area contributed by atoms with Gasteiger partial charge in [-0.1, -0.05) is 44.2 Å². The standard InChI is InChI=1S/C11H12N2.C2H6/c1-9-8-13(2)11(12-9)10-6-4-3-5-7-10;1-2/h3-8H,1-2H3;1-2H3. The normalized spacial score (nSPS) is 9.33. The molecule has 0 unspecified atom stereocenters. The van der Waals surface area contributed by atoms with Crippen molar-refractivity contribution in [2.45, 2.75) is 20.8 Å². The highest BCUT2D eigenvalue weighted by molar-refractivity contribution is 5.55. The number of aromatic nitrogens is 2. The molecule has 0 N–H and O–H groups in total. The van der Waals surface area contributed by atoms with Gasteiger partial charge in [0.1, 0.15) is 5.82 Å². The summed E-state index contributed by atoms with van der Waals surface area (Å²) in [5, 5.41) is 0. The van der Waals surface area contributed by atoms with E-state index in [0.717, 1.165) is 17.1 Å². The summed E-state index contributed by atoms with van der Waals surface area (Å²) in [7, 11) is 2.02. The number of hydrogen-bond donors (Lipinski definition) is 0. The van der Waals surface area contributed by atoms with Crippen molar-refractivity contribution in [1.29, 1.82) is 0 Å². The highest BCUT2D eigenvalue weighted by atomic mass is 15.0. The van der Waals surface area contributed by atoms with E-state index >= 15 is 0 Å². The van der Waals surface area contributed by atoms with Gasteiger partial charge in [-0.2, -0.15) is 0 Å². The summed E-state index contributed by atoms with van der Waals surface area (Å²) < 4.78 is 2.05. The first-order valence-corrected chi connectivity index (χ1v) is 5.33. The van der Waals surface area contributed by atoms with E-state index in [9.17, 15) is 0 Å². The van der Waals surface area contributed by atoms with Gasteiger partial charge in [0, 0.05) is 18.8 Å². The zero-order valence-electron chi connectivity index (χ0n) is 9.86. The molecule has 0 aliphatic carbocycles. The van der Waals surface area contributed by atoms with Crippen molar-refractivity contribution in [3.63, 3.8) is 0 Å². The van der Waals surface area contributed by atoms with Crippen molar-refractivity contribution < 1.29 is 0 Å². The van der Waals surface area contributed by atoms with Gasteiger partial charge in [0.2, 0.25) is 0 Å². The van der Waals surface area contributed by atoms with Gasteiger partial charge < -0.3 is 4.57 Å². The number of aryl methyl sites for hydroxylation is 2. The highest BCUT2D eigenvalue weighted by Gasteiger charge is 2.03. The fourth-order valence-electron chi connectivity index (χ4n) is 1.47. The summed E-state index contributed by atoms with van der Waals surface area (Å²) in [4.78, 5) is 4.44. The molecule has 0 atom stereocenters. The Morgan fingerprint density at radius 2 is 1.67 bits per heavy atom. The molecular formula is C13H18N2. The number of rotatable bonds is 1. The molecule has 0 radical (unpaired) electrons. The van der Waals surface area contributed by atoms with Gasteiger partial charge >= 0.3 is 0 Å². The van der Waals surface area contributed by atoms with Crippen LogP contribution in [0.5, 0.6) is 0 Å². The first-order chi connectivity index (χ1) is 7.27. The highest BCUT2D eigenvalue weighted by Crippen LogP contribution is 2.16. The van der Waals surface area contributed by atoms with Crippen LogP contribution in [-0.4, -0.2) is 9.55 Å². The minimum atomic E-state index is 1.03. The van der Waals surface area contributed by atoms with Crippen LogP contribution in [0.3, 0.4) is 0 Å². The third-order valence-electron chi connectivity index (χ3n) is 2.03. The van der Waals surface area contributed by atoms with Gasteiger partial charge in [0.05, 0.1) is 5.69 Å². The molecule has 80 valence electrons. The SMILES string of the molecule is CC.Cc1cn(C)c(-c2ccccc2)n1. The Bertz CT molecular complexity index is 402. The second kappa shape index (κ2) is 5.35. The van der Waals surface area contributed by atoms with Crippen LogP contribution in [-0.2, 0) is 7.05 Å². The van der Waals surface area contributed by atoms with Gasteiger partial charge in [-0.15, -0.1) is 0 Å². The van der Waals surface area contributed by atoms with Gasteiger partial charge in [-0.25, -0.2) is 4.98 Å². The smallest absolute Gasteiger partial charge is 0.139 e. The number of imidazole rings is 1. The Balaban J connectivity index is 0.000000531. The van der Waals surface area contributed by atoms with Gasteiger partial charge in [0.25, 0.3) is 0 Å². The molecule has 0 bridgehead atoms. The lowest BCUT2D eigenvalue weighted by Crippen LogP contribution is -1.89. The Labute approximate surface area is 91.6 Å². The van der Waals surface area contributed by atoms with Crippen molar-refractivity contribution in [2.24, 2.45) is 7.05 Å². The molecule has 2 nitrogen and oxygen atoms in total. The maximum atomic E-state index is 4.44. The molecule has 2 heteroatoms. The minimum absolute atomic E-state index is 1.03. The average molecular weight is 202 g/mol. The van der Waals surface area contributed by atoms with E-state index in [0.29, 0.717) is 0 Å². The van der Waals surface area contributed by atoms with Crippen LogP contribution in [0.1, 0.15) is 19.5 Å². The fraction of sp³-hybridized carbons (Fsp3) is 0.308. The lowest BCUT2D eigenvalue weighted by molar-refractivity contribution is 0.924. The van der Waals surface area contributed by atoms with Crippen LogP contribution >= 0.6 is 0 Å². The number of hydrogen-bond acceptors (Lipinski definition) is 1. The van der Waals surface area contributed by atoms with E-state index in [-0.39, 0.29) is 0 Å². The Hall–Kier alpha value is -1.57. The third-order valence-corrected chi connectivity index (χ3v) is 2.03. The predicted molar refractivity (Wildman–Crippen MR) is 64.7 cm³/mol. The first-order valence-electron chi connectivity index (χ1n) is 5.33. The van der Waals surface area contributed by atoms with Crippen molar-refractivity contribution in [2.75, 3.05) is 0 Å². The summed E-state index contributed by atoms with van der Waals surface area (Å²) in [5.74, 6) is 1.03. The summed E-state index contributed by atoms with van der Waals surface area (Å²) in [6.45, 7) is 6.01. The van der Waals surface area contributed by atoms with Crippen LogP contribution in [0, 0.1) is 6.92 Å². The largest absolute Gasteiger partial charge is 0.334 e. The molecule has 15 heavy (non-hydrogen) atoms. The van der Waals surface area contributed by atoms with Crippen molar-refractivity contribution in [3.8, 4) is 11.4 Å². The van der Waals surface area contributed by atoms with Crippen LogP contribution < -0.4 is 0 Å². The maximum Gasteiger partial charge on any atom is 0.139 e. The van der Waals surface area contributed by atoms with Crippen molar-refractivity contribution >= 4 is 0 Å². The minimum Gasteiger partial charge on any atom is -0.334 e. The Morgan fingerprint density at radius 3 is 2.13 bits per heavy atom. The molecule has 0 aliphatic heterocycles. The maximum absolute atomic E-state index is 4.44.